The molecule has 0 saturated heterocycles. The second-order valence-corrected chi connectivity index (χ2v) is 5.94. The number of hydrogen-bond donors (Lipinski definition) is 0. The number of rotatable bonds is 1. The van der Waals surface area contributed by atoms with Crippen LogP contribution in [0.3, 0.4) is 0 Å². The molecule has 2 aliphatic rings. The summed E-state index contributed by atoms with van der Waals surface area (Å²) in [6, 6.07) is 0. The van der Waals surface area contributed by atoms with Gasteiger partial charge in [-0.25, -0.2) is 0 Å². The minimum atomic E-state index is 0.678. The predicted octanol–water partition coefficient (Wildman–Crippen LogP) is 4.53. The van der Waals surface area contributed by atoms with Crippen LogP contribution in [-0.4, -0.2) is 0 Å². The molecule has 0 aromatic carbocycles. The highest BCUT2D eigenvalue weighted by molar-refractivity contribution is 8.79. The Kier molecular flexibility index (Phi) is 2.89. The molecule has 2 heteroatoms. The fourth-order valence-electron chi connectivity index (χ4n) is 1.44. The Labute approximate surface area is 88.0 Å². The summed E-state index contributed by atoms with van der Waals surface area (Å²) in [5.74, 6) is 0.678. The van der Waals surface area contributed by atoms with Crippen LogP contribution in [0.25, 0.3) is 0 Å². The quantitative estimate of drug-likeness (QED) is 0.583. The van der Waals surface area contributed by atoms with E-state index in [-0.39, 0.29) is 0 Å². The second kappa shape index (κ2) is 3.97. The first-order chi connectivity index (χ1) is 6.27. The van der Waals surface area contributed by atoms with Crippen molar-refractivity contribution in [2.24, 2.45) is 5.92 Å². The summed E-state index contributed by atoms with van der Waals surface area (Å²) in [5, 5.41) is 0. The summed E-state index contributed by atoms with van der Waals surface area (Å²) in [5.41, 5.74) is 1.55. The van der Waals surface area contributed by atoms with E-state index in [1.54, 1.807) is 5.57 Å². The van der Waals surface area contributed by atoms with Gasteiger partial charge in [0.15, 0.2) is 0 Å². The van der Waals surface area contributed by atoms with Crippen LogP contribution in [0.5, 0.6) is 0 Å². The lowest BCUT2D eigenvalue weighted by atomic mass is 10.0. The average Bonchev–Trinajstić information content (AvgIpc) is 2.17. The molecule has 1 aliphatic heterocycles. The van der Waals surface area contributed by atoms with Crippen molar-refractivity contribution in [2.75, 3.05) is 0 Å². The van der Waals surface area contributed by atoms with Crippen LogP contribution < -0.4 is 0 Å². The number of allylic oxidation sites excluding steroid dienone is 5. The van der Waals surface area contributed by atoms with Gasteiger partial charge in [-0.1, -0.05) is 47.6 Å². The fourth-order valence-corrected chi connectivity index (χ4v) is 4.19. The fraction of sp³-hybridized carbons (Fsp3) is 0.455. The highest BCUT2D eigenvalue weighted by Crippen LogP contribution is 2.47. The molecular weight excluding hydrogens is 196 g/mol. The van der Waals surface area contributed by atoms with E-state index >= 15 is 0 Å². The second-order valence-electron chi connectivity index (χ2n) is 3.70. The van der Waals surface area contributed by atoms with Gasteiger partial charge in [-0.2, -0.15) is 0 Å². The lowest BCUT2D eigenvalue weighted by molar-refractivity contribution is 0.813. The first kappa shape index (κ1) is 9.47. The van der Waals surface area contributed by atoms with Crippen molar-refractivity contribution in [1.29, 1.82) is 0 Å². The van der Waals surface area contributed by atoms with E-state index < -0.39 is 0 Å². The molecule has 0 radical (unpaired) electrons. The Balaban J connectivity index is 2.26. The molecule has 0 spiro atoms. The van der Waals surface area contributed by atoms with Crippen molar-refractivity contribution >= 4 is 21.6 Å². The van der Waals surface area contributed by atoms with E-state index in [4.69, 9.17) is 0 Å². The van der Waals surface area contributed by atoms with Crippen molar-refractivity contribution in [3.8, 4) is 0 Å². The molecule has 0 N–H and O–H groups in total. The Morgan fingerprint density at radius 2 is 2.15 bits per heavy atom. The first-order valence-electron chi connectivity index (χ1n) is 4.73. The Morgan fingerprint density at radius 1 is 1.31 bits per heavy atom. The zero-order valence-electron chi connectivity index (χ0n) is 8.04. The maximum absolute atomic E-state index is 2.39. The van der Waals surface area contributed by atoms with Gasteiger partial charge in [-0.15, -0.1) is 0 Å². The summed E-state index contributed by atoms with van der Waals surface area (Å²) >= 11 is 0. The Bertz CT molecular complexity index is 295. The maximum Gasteiger partial charge on any atom is 0.0215 e. The van der Waals surface area contributed by atoms with Gasteiger partial charge in [0.25, 0.3) is 0 Å². The number of hydrogen-bond acceptors (Lipinski definition) is 2. The van der Waals surface area contributed by atoms with Crippen molar-refractivity contribution < 1.29 is 0 Å². The molecule has 1 aliphatic carbocycles. The maximum atomic E-state index is 2.39. The lowest BCUT2D eigenvalue weighted by Crippen LogP contribution is -1.97. The van der Waals surface area contributed by atoms with Gasteiger partial charge in [0.05, 0.1) is 0 Å². The molecule has 0 aromatic heterocycles. The molecule has 13 heavy (non-hydrogen) atoms. The van der Waals surface area contributed by atoms with Crippen molar-refractivity contribution in [3.05, 3.63) is 33.6 Å². The zero-order chi connectivity index (χ0) is 9.26. The Hall–Kier alpha value is -0.0800. The molecule has 0 aromatic rings. The molecule has 0 unspecified atom stereocenters. The topological polar surface area (TPSA) is 0 Å². The minimum absolute atomic E-state index is 0.678. The predicted molar refractivity (Wildman–Crippen MR) is 63.5 cm³/mol. The van der Waals surface area contributed by atoms with E-state index in [1.807, 2.05) is 21.6 Å². The lowest BCUT2D eigenvalue weighted by Gasteiger charge is -2.21. The smallest absolute Gasteiger partial charge is 0.0215 e. The SMILES string of the molecule is CC(C)C1=CC2=C(C=CCC2)SS1. The zero-order valence-corrected chi connectivity index (χ0v) is 9.67. The van der Waals surface area contributed by atoms with Crippen molar-refractivity contribution in [2.45, 2.75) is 26.7 Å². The van der Waals surface area contributed by atoms with Gasteiger partial charge in [0.2, 0.25) is 0 Å². The monoisotopic (exact) mass is 210 g/mol. The first-order valence-corrected chi connectivity index (χ1v) is 6.88. The Morgan fingerprint density at radius 3 is 2.92 bits per heavy atom. The molecule has 2 rings (SSSR count). The van der Waals surface area contributed by atoms with Crippen LogP contribution in [-0.2, 0) is 0 Å². The molecule has 0 amide bonds. The summed E-state index contributed by atoms with van der Waals surface area (Å²) in [6.45, 7) is 4.53. The summed E-state index contributed by atoms with van der Waals surface area (Å²) in [7, 11) is 3.85. The van der Waals surface area contributed by atoms with Crippen LogP contribution >= 0.6 is 21.6 Å². The molecule has 0 saturated carbocycles. The van der Waals surface area contributed by atoms with E-state index in [9.17, 15) is 0 Å². The normalized spacial score (nSPS) is 21.9. The van der Waals surface area contributed by atoms with Crippen LogP contribution in [0.4, 0.5) is 0 Å². The summed E-state index contributed by atoms with van der Waals surface area (Å²) < 4.78 is 0. The highest BCUT2D eigenvalue weighted by Gasteiger charge is 2.16. The third kappa shape index (κ3) is 2.05. The van der Waals surface area contributed by atoms with Gasteiger partial charge < -0.3 is 0 Å². The molecule has 1 heterocycles. The van der Waals surface area contributed by atoms with E-state index in [0.29, 0.717) is 5.92 Å². The third-order valence-corrected chi connectivity index (χ3v) is 5.09. The average molecular weight is 210 g/mol. The van der Waals surface area contributed by atoms with E-state index in [2.05, 4.69) is 32.1 Å². The van der Waals surface area contributed by atoms with Crippen LogP contribution in [0.1, 0.15) is 26.7 Å². The molecule has 0 nitrogen and oxygen atoms in total. The largest absolute Gasteiger partial charge is 0.0831 e. The summed E-state index contributed by atoms with van der Waals surface area (Å²) in [6.07, 6.45) is 9.39. The molecular formula is C11H14S2. The van der Waals surface area contributed by atoms with Crippen LogP contribution in [0, 0.1) is 5.92 Å². The van der Waals surface area contributed by atoms with Crippen molar-refractivity contribution in [1.82, 2.24) is 0 Å². The highest BCUT2D eigenvalue weighted by atomic mass is 33.1. The van der Waals surface area contributed by atoms with E-state index in [1.165, 1.54) is 22.7 Å². The molecule has 0 atom stereocenters. The van der Waals surface area contributed by atoms with Crippen LogP contribution in [0.15, 0.2) is 33.6 Å². The van der Waals surface area contributed by atoms with Gasteiger partial charge in [0, 0.05) is 4.91 Å². The third-order valence-electron chi connectivity index (χ3n) is 2.28. The van der Waals surface area contributed by atoms with Crippen LogP contribution in [0.2, 0.25) is 0 Å². The minimum Gasteiger partial charge on any atom is -0.0831 e. The standard InChI is InChI=1S/C11H14S2/c1-8(2)11-7-9-5-3-4-6-10(9)12-13-11/h4,6-8H,3,5H2,1-2H3. The van der Waals surface area contributed by atoms with Gasteiger partial charge >= 0.3 is 0 Å². The molecule has 0 fully saturated rings. The van der Waals surface area contributed by atoms with Crippen molar-refractivity contribution in [3.63, 3.8) is 0 Å². The molecule has 70 valence electrons. The van der Waals surface area contributed by atoms with Gasteiger partial charge in [-0.3, -0.25) is 0 Å². The van der Waals surface area contributed by atoms with Gasteiger partial charge in [0.1, 0.15) is 0 Å². The van der Waals surface area contributed by atoms with E-state index in [0.717, 1.165) is 0 Å². The molecule has 0 bridgehead atoms. The summed E-state index contributed by atoms with van der Waals surface area (Å²) in [4.78, 5) is 3.00. The van der Waals surface area contributed by atoms with Gasteiger partial charge in [-0.05, 0) is 35.3 Å².